The number of amides is 3. The standard InChI is InChI=1S/C10H16N2O2/c1-10(2)8(13)12(7-5-4-6-7)9(14)11(10)3/h7H,4-6H2,1-3H3. The zero-order chi connectivity index (χ0) is 10.5. The molecular weight excluding hydrogens is 180 g/mol. The van der Waals surface area contributed by atoms with Crippen LogP contribution in [0, 0.1) is 0 Å². The summed E-state index contributed by atoms with van der Waals surface area (Å²) in [7, 11) is 1.69. The van der Waals surface area contributed by atoms with Crippen LogP contribution in [-0.2, 0) is 4.79 Å². The van der Waals surface area contributed by atoms with E-state index >= 15 is 0 Å². The van der Waals surface area contributed by atoms with E-state index < -0.39 is 5.54 Å². The van der Waals surface area contributed by atoms with Crippen LogP contribution in [0.1, 0.15) is 33.1 Å². The molecule has 1 saturated heterocycles. The number of carbonyl (C=O) groups is 2. The lowest BCUT2D eigenvalue weighted by molar-refractivity contribution is -0.134. The number of hydrogen-bond donors (Lipinski definition) is 0. The summed E-state index contributed by atoms with van der Waals surface area (Å²) in [5, 5.41) is 0. The van der Waals surface area contributed by atoms with Crippen LogP contribution in [0.4, 0.5) is 4.79 Å². The number of rotatable bonds is 1. The maximum atomic E-state index is 11.9. The number of urea groups is 1. The van der Waals surface area contributed by atoms with E-state index in [9.17, 15) is 9.59 Å². The van der Waals surface area contributed by atoms with Gasteiger partial charge in [0.25, 0.3) is 5.91 Å². The zero-order valence-corrected chi connectivity index (χ0v) is 8.91. The second-order valence-electron chi connectivity index (χ2n) is 4.66. The second-order valence-corrected chi connectivity index (χ2v) is 4.66. The smallest absolute Gasteiger partial charge is 0.313 e. The van der Waals surface area contributed by atoms with E-state index in [1.54, 1.807) is 20.9 Å². The zero-order valence-electron chi connectivity index (χ0n) is 8.91. The number of hydrogen-bond acceptors (Lipinski definition) is 2. The lowest BCUT2D eigenvalue weighted by Gasteiger charge is -2.32. The molecule has 0 atom stereocenters. The molecule has 1 aliphatic carbocycles. The van der Waals surface area contributed by atoms with Crippen molar-refractivity contribution in [3.63, 3.8) is 0 Å². The summed E-state index contributed by atoms with van der Waals surface area (Å²) in [6.45, 7) is 3.60. The van der Waals surface area contributed by atoms with E-state index in [2.05, 4.69) is 0 Å². The van der Waals surface area contributed by atoms with Gasteiger partial charge < -0.3 is 4.90 Å². The molecular formula is C10H16N2O2. The third-order valence-corrected chi connectivity index (χ3v) is 3.51. The summed E-state index contributed by atoms with van der Waals surface area (Å²) >= 11 is 0. The van der Waals surface area contributed by atoms with E-state index in [-0.39, 0.29) is 18.0 Å². The summed E-state index contributed by atoms with van der Waals surface area (Å²) < 4.78 is 0. The van der Waals surface area contributed by atoms with Gasteiger partial charge in [0.15, 0.2) is 0 Å². The van der Waals surface area contributed by atoms with E-state index in [0.29, 0.717) is 0 Å². The van der Waals surface area contributed by atoms with Gasteiger partial charge >= 0.3 is 6.03 Å². The number of imide groups is 1. The van der Waals surface area contributed by atoms with Crippen LogP contribution in [0.15, 0.2) is 0 Å². The number of carbonyl (C=O) groups excluding carboxylic acids is 2. The Kier molecular flexibility index (Phi) is 1.84. The summed E-state index contributed by atoms with van der Waals surface area (Å²) in [6.07, 6.45) is 3.08. The average molecular weight is 196 g/mol. The summed E-state index contributed by atoms with van der Waals surface area (Å²) in [5.41, 5.74) is -0.660. The molecule has 78 valence electrons. The molecule has 4 heteroatoms. The number of likely N-dealkylation sites (N-methyl/N-ethyl adjacent to an activating group) is 1. The molecule has 2 aliphatic rings. The van der Waals surface area contributed by atoms with Crippen molar-refractivity contribution >= 4 is 11.9 Å². The fourth-order valence-corrected chi connectivity index (χ4v) is 1.89. The molecule has 0 aromatic rings. The van der Waals surface area contributed by atoms with Crippen LogP contribution in [-0.4, -0.2) is 40.4 Å². The topological polar surface area (TPSA) is 40.6 Å². The normalized spacial score (nSPS) is 27.1. The van der Waals surface area contributed by atoms with Crippen molar-refractivity contribution in [2.75, 3.05) is 7.05 Å². The predicted octanol–water partition coefficient (Wildman–Crippen LogP) is 1.21. The highest BCUT2D eigenvalue weighted by atomic mass is 16.2. The van der Waals surface area contributed by atoms with Gasteiger partial charge in [0, 0.05) is 13.1 Å². The van der Waals surface area contributed by atoms with Crippen molar-refractivity contribution in [3.8, 4) is 0 Å². The minimum atomic E-state index is -0.660. The first-order valence-corrected chi connectivity index (χ1v) is 5.07. The first-order chi connectivity index (χ1) is 6.46. The molecule has 1 heterocycles. The molecule has 1 aliphatic heterocycles. The Bertz CT molecular complexity index is 294. The highest BCUT2D eigenvalue weighted by Gasteiger charge is 2.52. The van der Waals surface area contributed by atoms with Gasteiger partial charge in [-0.1, -0.05) is 0 Å². The highest BCUT2D eigenvalue weighted by Crippen LogP contribution is 2.34. The van der Waals surface area contributed by atoms with Crippen LogP contribution in [0.3, 0.4) is 0 Å². The third-order valence-electron chi connectivity index (χ3n) is 3.51. The fourth-order valence-electron chi connectivity index (χ4n) is 1.89. The lowest BCUT2D eigenvalue weighted by Crippen LogP contribution is -2.46. The molecule has 3 amide bonds. The van der Waals surface area contributed by atoms with Crippen molar-refractivity contribution < 1.29 is 9.59 Å². The van der Waals surface area contributed by atoms with Crippen LogP contribution in [0.25, 0.3) is 0 Å². The van der Waals surface area contributed by atoms with Gasteiger partial charge in [-0.15, -0.1) is 0 Å². The molecule has 14 heavy (non-hydrogen) atoms. The Balaban J connectivity index is 2.27. The molecule has 0 spiro atoms. The largest absolute Gasteiger partial charge is 0.327 e. The predicted molar refractivity (Wildman–Crippen MR) is 51.7 cm³/mol. The van der Waals surface area contributed by atoms with Crippen LogP contribution >= 0.6 is 0 Å². The van der Waals surface area contributed by atoms with Crippen LogP contribution < -0.4 is 0 Å². The molecule has 0 N–H and O–H groups in total. The molecule has 0 radical (unpaired) electrons. The summed E-state index contributed by atoms with van der Waals surface area (Å²) in [5.74, 6) is -0.0466. The fraction of sp³-hybridized carbons (Fsp3) is 0.800. The number of nitrogens with zero attached hydrogens (tertiary/aromatic N) is 2. The van der Waals surface area contributed by atoms with E-state index in [1.807, 2.05) is 0 Å². The van der Waals surface area contributed by atoms with Crippen molar-refractivity contribution in [2.45, 2.75) is 44.7 Å². The summed E-state index contributed by atoms with van der Waals surface area (Å²) in [6, 6.07) is 0.0314. The van der Waals surface area contributed by atoms with E-state index in [4.69, 9.17) is 0 Å². The molecule has 0 unspecified atom stereocenters. The van der Waals surface area contributed by atoms with Crippen molar-refractivity contribution in [3.05, 3.63) is 0 Å². The second kappa shape index (κ2) is 2.72. The first-order valence-electron chi connectivity index (χ1n) is 5.07. The minimum absolute atomic E-state index is 0.0466. The Labute approximate surface area is 83.9 Å². The molecule has 0 aromatic carbocycles. The molecule has 2 fully saturated rings. The van der Waals surface area contributed by atoms with Crippen LogP contribution in [0.2, 0.25) is 0 Å². The molecule has 1 saturated carbocycles. The van der Waals surface area contributed by atoms with E-state index in [1.165, 1.54) is 9.80 Å². The maximum Gasteiger partial charge on any atom is 0.327 e. The third kappa shape index (κ3) is 0.996. The van der Waals surface area contributed by atoms with E-state index in [0.717, 1.165) is 19.3 Å². The highest BCUT2D eigenvalue weighted by molar-refractivity contribution is 6.06. The Morgan fingerprint density at radius 3 is 2.14 bits per heavy atom. The van der Waals surface area contributed by atoms with Crippen LogP contribution in [0.5, 0.6) is 0 Å². The van der Waals surface area contributed by atoms with Gasteiger partial charge in [0.2, 0.25) is 0 Å². The van der Waals surface area contributed by atoms with Gasteiger partial charge in [-0.2, -0.15) is 0 Å². The molecule has 4 nitrogen and oxygen atoms in total. The average Bonchev–Trinajstić information content (AvgIpc) is 2.17. The molecule has 0 aromatic heterocycles. The lowest BCUT2D eigenvalue weighted by atomic mass is 9.91. The first kappa shape index (κ1) is 9.49. The van der Waals surface area contributed by atoms with Gasteiger partial charge in [0.1, 0.15) is 5.54 Å². The Hall–Kier alpha value is -1.06. The Morgan fingerprint density at radius 1 is 1.29 bits per heavy atom. The quantitative estimate of drug-likeness (QED) is 0.591. The van der Waals surface area contributed by atoms with Gasteiger partial charge in [-0.25, -0.2) is 4.79 Å². The summed E-state index contributed by atoms with van der Waals surface area (Å²) in [4.78, 5) is 26.7. The van der Waals surface area contributed by atoms with Gasteiger partial charge in [-0.05, 0) is 33.1 Å². The minimum Gasteiger partial charge on any atom is -0.313 e. The van der Waals surface area contributed by atoms with Crippen molar-refractivity contribution in [2.24, 2.45) is 0 Å². The SMILES string of the molecule is CN1C(=O)N(C2CCC2)C(=O)C1(C)C. The van der Waals surface area contributed by atoms with Crippen molar-refractivity contribution in [1.29, 1.82) is 0 Å². The molecule has 0 bridgehead atoms. The maximum absolute atomic E-state index is 11.9. The van der Waals surface area contributed by atoms with Gasteiger partial charge in [0.05, 0.1) is 0 Å². The van der Waals surface area contributed by atoms with Gasteiger partial charge in [-0.3, -0.25) is 9.69 Å². The monoisotopic (exact) mass is 196 g/mol. The Morgan fingerprint density at radius 2 is 1.86 bits per heavy atom. The molecule has 2 rings (SSSR count). The van der Waals surface area contributed by atoms with Crippen molar-refractivity contribution in [1.82, 2.24) is 9.80 Å².